The zero-order valence-electron chi connectivity index (χ0n) is 17.4. The Morgan fingerprint density at radius 2 is 2.12 bits per heavy atom. The first-order valence-corrected chi connectivity index (χ1v) is 10.9. The maximum absolute atomic E-state index is 14.4. The lowest BCUT2D eigenvalue weighted by molar-refractivity contribution is 0.102. The Bertz CT molecular complexity index is 1130. The number of hydrogen-bond donors (Lipinski definition) is 4. The van der Waals surface area contributed by atoms with Gasteiger partial charge in [0.15, 0.2) is 11.5 Å². The second-order valence-electron chi connectivity index (χ2n) is 7.66. The molecule has 2 aromatic heterocycles. The predicted octanol–water partition coefficient (Wildman–Crippen LogP) is 2.37. The highest BCUT2D eigenvalue weighted by molar-refractivity contribution is 7.19. The summed E-state index contributed by atoms with van der Waals surface area (Å²) in [5.41, 5.74) is 18.4. The number of nitrogens with one attached hydrogen (secondary N) is 1. The molecule has 9 nitrogen and oxygen atoms in total. The Labute approximate surface area is 187 Å². The number of nitrogens with zero attached hydrogens (tertiary/aromatic N) is 4. The lowest BCUT2D eigenvalue weighted by Crippen LogP contribution is -2.38. The number of benzene rings is 1. The Morgan fingerprint density at radius 3 is 2.88 bits per heavy atom. The van der Waals surface area contributed by atoms with Gasteiger partial charge in [0.25, 0.3) is 5.91 Å². The highest BCUT2D eigenvalue weighted by atomic mass is 32.1. The molecule has 0 radical (unpaired) electrons. The summed E-state index contributed by atoms with van der Waals surface area (Å²) in [6.07, 6.45) is 1.57. The standard InChI is InChI=1S/C20H24F2N8OS/c1-29-20(30-7-3-6-12(23)11(22)9-30)14(8-26-29)27-18(31)16-17(25)32-19(28-16)15-10(21)4-2-5-13(15)24/h2,4-5,8,11-12H,3,6-7,9,23-25H2,1H3,(H,27,31). The van der Waals surface area contributed by atoms with E-state index in [2.05, 4.69) is 15.4 Å². The summed E-state index contributed by atoms with van der Waals surface area (Å²) in [6, 6.07) is 3.77. The second kappa shape index (κ2) is 8.71. The Balaban J connectivity index is 1.60. The van der Waals surface area contributed by atoms with E-state index in [4.69, 9.17) is 17.2 Å². The molecule has 1 aromatic carbocycles. The van der Waals surface area contributed by atoms with Crippen LogP contribution >= 0.6 is 11.3 Å². The first-order valence-electron chi connectivity index (χ1n) is 10.0. The smallest absolute Gasteiger partial charge is 0.277 e. The number of aryl methyl sites for hydroxylation is 1. The number of rotatable bonds is 4. The van der Waals surface area contributed by atoms with Crippen LogP contribution in [0, 0.1) is 5.82 Å². The maximum Gasteiger partial charge on any atom is 0.277 e. The van der Waals surface area contributed by atoms with Crippen LogP contribution in [0.3, 0.4) is 0 Å². The summed E-state index contributed by atoms with van der Waals surface area (Å²) in [7, 11) is 1.71. The number of halogens is 2. The van der Waals surface area contributed by atoms with E-state index in [1.165, 1.54) is 18.3 Å². The fraction of sp³-hybridized carbons (Fsp3) is 0.350. The number of nitrogen functional groups attached to an aromatic ring is 2. The quantitative estimate of drug-likeness (QED) is 0.436. The van der Waals surface area contributed by atoms with E-state index >= 15 is 0 Å². The predicted molar refractivity (Wildman–Crippen MR) is 122 cm³/mol. The van der Waals surface area contributed by atoms with Crippen molar-refractivity contribution in [2.45, 2.75) is 25.1 Å². The normalized spacial score (nSPS) is 19.1. The van der Waals surface area contributed by atoms with Crippen molar-refractivity contribution in [2.75, 3.05) is 34.8 Å². The SMILES string of the molecule is Cn1ncc(NC(=O)c2nc(-c3c(N)cccc3F)sc2N)c1N1CCCC(N)C(F)C1. The van der Waals surface area contributed by atoms with E-state index in [0.717, 1.165) is 11.3 Å². The molecule has 0 bridgehead atoms. The average molecular weight is 463 g/mol. The molecule has 4 rings (SSSR count). The number of thiazole rings is 1. The summed E-state index contributed by atoms with van der Waals surface area (Å²) in [5.74, 6) is -0.583. The number of hydrogen-bond acceptors (Lipinski definition) is 8. The van der Waals surface area contributed by atoms with Gasteiger partial charge in [-0.3, -0.25) is 9.48 Å². The molecule has 0 spiro atoms. The Morgan fingerprint density at radius 1 is 1.34 bits per heavy atom. The molecule has 1 fully saturated rings. The van der Waals surface area contributed by atoms with Crippen LogP contribution in [0.1, 0.15) is 23.3 Å². The van der Waals surface area contributed by atoms with Gasteiger partial charge in [-0.1, -0.05) is 17.4 Å². The van der Waals surface area contributed by atoms with Gasteiger partial charge in [-0.15, -0.1) is 0 Å². The van der Waals surface area contributed by atoms with Gasteiger partial charge >= 0.3 is 0 Å². The second-order valence-corrected chi connectivity index (χ2v) is 8.69. The molecular weight excluding hydrogens is 438 g/mol. The zero-order valence-corrected chi connectivity index (χ0v) is 18.2. The van der Waals surface area contributed by atoms with Crippen LogP contribution in [-0.4, -0.2) is 46.0 Å². The topological polar surface area (TPSA) is 141 Å². The molecule has 1 amide bonds. The van der Waals surface area contributed by atoms with Gasteiger partial charge in [0.2, 0.25) is 0 Å². The summed E-state index contributed by atoms with van der Waals surface area (Å²) >= 11 is 0.967. The number of amides is 1. The molecule has 32 heavy (non-hydrogen) atoms. The van der Waals surface area contributed by atoms with Crippen molar-refractivity contribution in [1.29, 1.82) is 0 Å². The van der Waals surface area contributed by atoms with Gasteiger partial charge in [-0.05, 0) is 25.0 Å². The highest BCUT2D eigenvalue weighted by Crippen LogP contribution is 2.36. The maximum atomic E-state index is 14.4. The summed E-state index contributed by atoms with van der Waals surface area (Å²) in [6.45, 7) is 0.672. The van der Waals surface area contributed by atoms with Crippen molar-refractivity contribution >= 4 is 39.4 Å². The van der Waals surface area contributed by atoms with E-state index in [1.54, 1.807) is 17.8 Å². The van der Waals surface area contributed by atoms with Gasteiger partial charge in [0, 0.05) is 25.3 Å². The Kier molecular flexibility index (Phi) is 5.98. The number of alkyl halides is 1. The molecule has 2 unspecified atom stereocenters. The van der Waals surface area contributed by atoms with Crippen LogP contribution < -0.4 is 27.4 Å². The van der Waals surface area contributed by atoms with Crippen molar-refractivity contribution < 1.29 is 13.6 Å². The minimum Gasteiger partial charge on any atom is -0.398 e. The molecule has 0 saturated carbocycles. The largest absolute Gasteiger partial charge is 0.398 e. The van der Waals surface area contributed by atoms with Gasteiger partial charge < -0.3 is 27.4 Å². The summed E-state index contributed by atoms with van der Waals surface area (Å²) < 4.78 is 30.2. The third-order valence-electron chi connectivity index (χ3n) is 5.41. The number of carbonyl (C=O) groups is 1. The molecule has 0 aliphatic carbocycles. The minimum atomic E-state index is -1.20. The molecule has 1 aliphatic rings. The third-order valence-corrected chi connectivity index (χ3v) is 6.31. The van der Waals surface area contributed by atoms with Crippen molar-refractivity contribution in [3.05, 3.63) is 35.9 Å². The number of anilines is 4. The molecule has 3 heterocycles. The molecular formula is C20H24F2N8OS. The van der Waals surface area contributed by atoms with E-state index in [0.29, 0.717) is 30.9 Å². The van der Waals surface area contributed by atoms with E-state index in [-0.39, 0.29) is 33.5 Å². The van der Waals surface area contributed by atoms with Crippen molar-refractivity contribution in [2.24, 2.45) is 12.8 Å². The molecule has 12 heteroatoms. The summed E-state index contributed by atoms with van der Waals surface area (Å²) in [4.78, 5) is 19.0. The van der Waals surface area contributed by atoms with Crippen LogP contribution in [0.25, 0.3) is 10.6 Å². The lowest BCUT2D eigenvalue weighted by Gasteiger charge is -2.25. The first-order chi connectivity index (χ1) is 15.3. The average Bonchev–Trinajstić information content (AvgIpc) is 3.24. The summed E-state index contributed by atoms with van der Waals surface area (Å²) in [5, 5.41) is 7.28. The lowest BCUT2D eigenvalue weighted by atomic mass is 10.1. The molecule has 2 atom stereocenters. The third kappa shape index (κ3) is 4.10. The monoisotopic (exact) mass is 462 g/mol. The fourth-order valence-corrected chi connectivity index (χ4v) is 4.67. The number of aromatic nitrogens is 3. The zero-order chi connectivity index (χ0) is 23.0. The van der Waals surface area contributed by atoms with Crippen LogP contribution in [0.15, 0.2) is 24.4 Å². The number of carbonyl (C=O) groups excluding carboxylic acids is 1. The fourth-order valence-electron chi connectivity index (χ4n) is 3.77. The van der Waals surface area contributed by atoms with Gasteiger partial charge in [0.05, 0.1) is 18.3 Å². The van der Waals surface area contributed by atoms with Crippen LogP contribution in [-0.2, 0) is 7.05 Å². The molecule has 3 aromatic rings. The van der Waals surface area contributed by atoms with Crippen molar-refractivity contribution in [1.82, 2.24) is 14.8 Å². The van der Waals surface area contributed by atoms with Gasteiger partial charge in [0.1, 0.15) is 27.7 Å². The number of nitrogens with two attached hydrogens (primary N) is 3. The first kappa shape index (κ1) is 22.0. The molecule has 1 aliphatic heterocycles. The van der Waals surface area contributed by atoms with Crippen LogP contribution in [0.4, 0.5) is 31.0 Å². The van der Waals surface area contributed by atoms with Crippen molar-refractivity contribution in [3.63, 3.8) is 0 Å². The van der Waals surface area contributed by atoms with E-state index in [1.807, 2.05) is 4.90 Å². The molecule has 170 valence electrons. The minimum absolute atomic E-state index is 0.0521. The molecule has 1 saturated heterocycles. The van der Waals surface area contributed by atoms with E-state index in [9.17, 15) is 13.6 Å². The molecule has 7 N–H and O–H groups in total. The Hall–Kier alpha value is -3.25. The van der Waals surface area contributed by atoms with Crippen LogP contribution in [0.5, 0.6) is 0 Å². The highest BCUT2D eigenvalue weighted by Gasteiger charge is 2.28. The van der Waals surface area contributed by atoms with E-state index < -0.39 is 23.9 Å². The van der Waals surface area contributed by atoms with Gasteiger partial charge in [-0.2, -0.15) is 5.10 Å². The van der Waals surface area contributed by atoms with Gasteiger partial charge in [-0.25, -0.2) is 13.8 Å². The van der Waals surface area contributed by atoms with Crippen LogP contribution in [0.2, 0.25) is 0 Å². The van der Waals surface area contributed by atoms with Crippen molar-refractivity contribution in [3.8, 4) is 10.6 Å².